The van der Waals surface area contributed by atoms with Crippen LogP contribution in [0.15, 0.2) is 22.8 Å². The lowest BCUT2D eigenvalue weighted by Crippen LogP contribution is -2.32. The van der Waals surface area contributed by atoms with E-state index in [0.717, 1.165) is 0 Å². The molecular weight excluding hydrogens is 270 g/mol. The molecule has 0 N–H and O–H groups in total. The van der Waals surface area contributed by atoms with E-state index >= 15 is 0 Å². The molecule has 0 saturated carbocycles. The van der Waals surface area contributed by atoms with E-state index in [0.29, 0.717) is 29.7 Å². The van der Waals surface area contributed by atoms with E-state index in [1.807, 2.05) is 13.0 Å². The van der Waals surface area contributed by atoms with Crippen LogP contribution >= 0.6 is 15.9 Å². The molecule has 4 nitrogen and oxygen atoms in total. The number of carbonyl (C=O) groups excluding carboxylic acids is 1. The number of hydrogen-bond acceptors (Lipinski definition) is 3. The van der Waals surface area contributed by atoms with Crippen LogP contribution < -0.4 is 0 Å². The van der Waals surface area contributed by atoms with E-state index in [9.17, 15) is 4.79 Å². The molecular formula is C11H12BrN3O. The van der Waals surface area contributed by atoms with Crippen molar-refractivity contribution in [2.45, 2.75) is 13.3 Å². The van der Waals surface area contributed by atoms with Gasteiger partial charge in [0.1, 0.15) is 5.69 Å². The number of pyridine rings is 1. The number of aromatic nitrogens is 1. The maximum absolute atomic E-state index is 12.0. The van der Waals surface area contributed by atoms with Gasteiger partial charge in [-0.3, -0.25) is 4.79 Å². The van der Waals surface area contributed by atoms with E-state index < -0.39 is 0 Å². The van der Waals surface area contributed by atoms with Crippen LogP contribution in [0, 0.1) is 11.3 Å². The maximum Gasteiger partial charge on any atom is 0.273 e. The fraction of sp³-hybridized carbons (Fsp3) is 0.364. The summed E-state index contributed by atoms with van der Waals surface area (Å²) in [6, 6.07) is 5.56. The highest BCUT2D eigenvalue weighted by molar-refractivity contribution is 9.10. The Kier molecular flexibility index (Phi) is 4.93. The van der Waals surface area contributed by atoms with Gasteiger partial charge in [-0.1, -0.05) is 0 Å². The molecule has 0 saturated heterocycles. The van der Waals surface area contributed by atoms with E-state index in [1.165, 1.54) is 0 Å². The van der Waals surface area contributed by atoms with Crippen molar-refractivity contribution in [3.63, 3.8) is 0 Å². The molecule has 0 aliphatic rings. The Morgan fingerprint density at radius 3 is 3.00 bits per heavy atom. The maximum atomic E-state index is 12.0. The second-order valence-electron chi connectivity index (χ2n) is 3.13. The molecule has 1 rings (SSSR count). The zero-order chi connectivity index (χ0) is 12.0. The zero-order valence-corrected chi connectivity index (χ0v) is 10.6. The van der Waals surface area contributed by atoms with Crippen LogP contribution in [0.1, 0.15) is 23.8 Å². The number of carbonyl (C=O) groups is 1. The minimum Gasteiger partial charge on any atom is -0.337 e. The molecule has 1 heterocycles. The van der Waals surface area contributed by atoms with Gasteiger partial charge in [0.2, 0.25) is 0 Å². The van der Waals surface area contributed by atoms with Gasteiger partial charge < -0.3 is 4.90 Å². The Balaban J connectivity index is 2.84. The first-order valence-corrected chi connectivity index (χ1v) is 5.76. The number of rotatable bonds is 4. The Hall–Kier alpha value is -1.41. The summed E-state index contributed by atoms with van der Waals surface area (Å²) in [4.78, 5) is 17.7. The molecule has 1 amide bonds. The molecule has 0 atom stereocenters. The van der Waals surface area contributed by atoms with Crippen molar-refractivity contribution in [1.82, 2.24) is 9.88 Å². The first-order chi connectivity index (χ1) is 7.70. The van der Waals surface area contributed by atoms with Crippen LogP contribution in [0.4, 0.5) is 0 Å². The van der Waals surface area contributed by atoms with Crippen LogP contribution in [-0.4, -0.2) is 28.9 Å². The number of amides is 1. The summed E-state index contributed by atoms with van der Waals surface area (Å²) in [5, 5.41) is 8.50. The molecule has 5 heteroatoms. The Morgan fingerprint density at radius 1 is 1.69 bits per heavy atom. The molecule has 0 unspecified atom stereocenters. The summed E-state index contributed by atoms with van der Waals surface area (Å²) in [6.45, 7) is 2.89. The smallest absolute Gasteiger partial charge is 0.273 e. The predicted molar refractivity (Wildman–Crippen MR) is 63.7 cm³/mol. The molecule has 0 radical (unpaired) electrons. The largest absolute Gasteiger partial charge is 0.337 e. The number of nitrogens with zero attached hydrogens (tertiary/aromatic N) is 3. The predicted octanol–water partition coefficient (Wildman–Crippen LogP) is 2.22. The Bertz CT molecular complexity index is 414. The average molecular weight is 282 g/mol. The van der Waals surface area contributed by atoms with Crippen molar-refractivity contribution in [2.75, 3.05) is 13.1 Å². The highest BCUT2D eigenvalue weighted by Gasteiger charge is 2.17. The summed E-state index contributed by atoms with van der Waals surface area (Å²) in [7, 11) is 0. The van der Waals surface area contributed by atoms with Gasteiger partial charge in [0.15, 0.2) is 0 Å². The minimum absolute atomic E-state index is 0.148. The van der Waals surface area contributed by atoms with E-state index in [1.54, 1.807) is 23.2 Å². The molecule has 0 spiro atoms. The monoisotopic (exact) mass is 281 g/mol. The van der Waals surface area contributed by atoms with Gasteiger partial charge in [0.05, 0.1) is 12.5 Å². The lowest BCUT2D eigenvalue weighted by molar-refractivity contribution is 0.0761. The van der Waals surface area contributed by atoms with Gasteiger partial charge in [-0.15, -0.1) is 0 Å². The molecule has 0 aliphatic heterocycles. The average Bonchev–Trinajstić information content (AvgIpc) is 2.30. The Morgan fingerprint density at radius 2 is 2.44 bits per heavy atom. The highest BCUT2D eigenvalue weighted by Crippen LogP contribution is 2.15. The normalized spacial score (nSPS) is 9.56. The van der Waals surface area contributed by atoms with Crippen molar-refractivity contribution in [3.05, 3.63) is 28.5 Å². The molecule has 0 fully saturated rings. The summed E-state index contributed by atoms with van der Waals surface area (Å²) in [5.74, 6) is -0.148. The second kappa shape index (κ2) is 6.23. The van der Waals surface area contributed by atoms with Crippen molar-refractivity contribution in [3.8, 4) is 6.07 Å². The fourth-order valence-electron chi connectivity index (χ4n) is 1.28. The lowest BCUT2D eigenvalue weighted by Gasteiger charge is -2.19. The van der Waals surface area contributed by atoms with Crippen LogP contribution in [0.3, 0.4) is 0 Å². The first-order valence-electron chi connectivity index (χ1n) is 4.97. The van der Waals surface area contributed by atoms with Crippen LogP contribution in [0.5, 0.6) is 0 Å². The lowest BCUT2D eigenvalue weighted by atomic mass is 10.3. The fourth-order valence-corrected chi connectivity index (χ4v) is 1.71. The molecule has 1 aromatic heterocycles. The topological polar surface area (TPSA) is 57.0 Å². The molecule has 0 aromatic carbocycles. The van der Waals surface area contributed by atoms with Crippen molar-refractivity contribution in [2.24, 2.45) is 0 Å². The van der Waals surface area contributed by atoms with Crippen molar-refractivity contribution < 1.29 is 4.79 Å². The van der Waals surface area contributed by atoms with Gasteiger partial charge >= 0.3 is 0 Å². The van der Waals surface area contributed by atoms with Crippen LogP contribution in [-0.2, 0) is 0 Å². The summed E-state index contributed by atoms with van der Waals surface area (Å²) in [6.07, 6.45) is 1.92. The van der Waals surface area contributed by atoms with Crippen molar-refractivity contribution >= 4 is 21.8 Å². The van der Waals surface area contributed by atoms with E-state index in [-0.39, 0.29) is 5.91 Å². The van der Waals surface area contributed by atoms with E-state index in [2.05, 4.69) is 20.9 Å². The van der Waals surface area contributed by atoms with Crippen LogP contribution in [0.2, 0.25) is 0 Å². The third-order valence-corrected chi connectivity index (χ3v) is 2.76. The van der Waals surface area contributed by atoms with Gasteiger partial charge in [-0.05, 0) is 35.0 Å². The van der Waals surface area contributed by atoms with Gasteiger partial charge in [0.25, 0.3) is 5.91 Å². The van der Waals surface area contributed by atoms with E-state index in [4.69, 9.17) is 5.26 Å². The van der Waals surface area contributed by atoms with Gasteiger partial charge in [-0.25, -0.2) is 4.98 Å². The SMILES string of the molecule is CCN(CCC#N)C(=O)c1ncccc1Br. The zero-order valence-electron chi connectivity index (χ0n) is 8.98. The van der Waals surface area contributed by atoms with Gasteiger partial charge in [-0.2, -0.15) is 5.26 Å². The minimum atomic E-state index is -0.148. The summed E-state index contributed by atoms with van der Waals surface area (Å²) in [5.41, 5.74) is 0.391. The van der Waals surface area contributed by atoms with Crippen molar-refractivity contribution in [1.29, 1.82) is 5.26 Å². The summed E-state index contributed by atoms with van der Waals surface area (Å²) >= 11 is 3.29. The quantitative estimate of drug-likeness (QED) is 0.850. The highest BCUT2D eigenvalue weighted by atomic mass is 79.9. The number of nitriles is 1. The number of halogens is 1. The van der Waals surface area contributed by atoms with Gasteiger partial charge in [0, 0.05) is 23.8 Å². The third kappa shape index (κ3) is 3.04. The number of hydrogen-bond donors (Lipinski definition) is 0. The standard InChI is InChI=1S/C11H12BrN3O/c1-2-15(8-4-6-13)11(16)10-9(12)5-3-7-14-10/h3,5,7H,2,4,8H2,1H3. The molecule has 1 aromatic rings. The Labute approximate surface area is 103 Å². The molecule has 16 heavy (non-hydrogen) atoms. The molecule has 0 bridgehead atoms. The molecule has 0 aliphatic carbocycles. The van der Waals surface area contributed by atoms with Crippen LogP contribution in [0.25, 0.3) is 0 Å². The first kappa shape index (κ1) is 12.7. The second-order valence-corrected chi connectivity index (χ2v) is 3.98. The third-order valence-electron chi connectivity index (χ3n) is 2.12. The molecule has 84 valence electrons. The summed E-state index contributed by atoms with van der Waals surface area (Å²) < 4.78 is 0.676.